The third-order valence-electron chi connectivity index (χ3n) is 1.89. The van der Waals surface area contributed by atoms with Crippen molar-refractivity contribution in [2.45, 2.75) is 39.2 Å². The van der Waals surface area contributed by atoms with E-state index in [0.29, 0.717) is 25.5 Å². The van der Waals surface area contributed by atoms with Crippen molar-refractivity contribution in [1.82, 2.24) is 0 Å². The topological polar surface area (TPSA) is 61.8 Å². The molecule has 0 amide bonds. The molecule has 0 aliphatic carbocycles. The van der Waals surface area contributed by atoms with Gasteiger partial charge in [-0.15, -0.1) is 0 Å². The average molecular weight is 248 g/mol. The van der Waals surface area contributed by atoms with Crippen molar-refractivity contribution >= 4 is 21.2 Å². The Labute approximate surface area is 97.9 Å². The number of hydrogen-bond acceptors (Lipinski definition) is 5. The summed E-state index contributed by atoms with van der Waals surface area (Å²) in [6.45, 7) is 4.01. The van der Waals surface area contributed by atoms with Crippen LogP contribution in [-0.4, -0.2) is 34.9 Å². The van der Waals surface area contributed by atoms with Crippen LogP contribution in [-0.2, 0) is 23.2 Å². The molecule has 0 aromatic carbocycles. The van der Waals surface area contributed by atoms with E-state index in [9.17, 15) is 9.59 Å². The van der Waals surface area contributed by atoms with E-state index in [-0.39, 0.29) is 11.9 Å². The van der Waals surface area contributed by atoms with Crippen molar-refractivity contribution in [3.63, 3.8) is 0 Å². The van der Waals surface area contributed by atoms with E-state index in [2.05, 4.69) is 0 Å². The zero-order valence-corrected chi connectivity index (χ0v) is 11.3. The van der Waals surface area contributed by atoms with Crippen LogP contribution in [0, 0.1) is 0 Å². The van der Waals surface area contributed by atoms with Crippen molar-refractivity contribution < 1.29 is 23.2 Å². The minimum absolute atomic E-state index is 0.303. The summed E-state index contributed by atoms with van der Waals surface area (Å²) in [5.74, 6) is -0.615. The monoisotopic (exact) mass is 248 g/mol. The van der Waals surface area contributed by atoms with Gasteiger partial charge in [-0.05, 0) is 6.42 Å². The second-order valence-corrected chi connectivity index (χ2v) is 5.16. The molecule has 0 aromatic heterocycles. The molecule has 0 bridgehead atoms. The highest BCUT2D eigenvalue weighted by Crippen LogP contribution is 2.05. The first-order chi connectivity index (χ1) is 7.63. The summed E-state index contributed by atoms with van der Waals surface area (Å²) < 4.78 is 15.1. The molecule has 16 heavy (non-hydrogen) atoms. The summed E-state index contributed by atoms with van der Waals surface area (Å²) in [6, 6.07) is 0.603. The smallest absolute Gasteiger partial charge is 0.448 e. The Morgan fingerprint density at radius 3 is 1.94 bits per heavy atom. The molecule has 0 aliphatic rings. The second-order valence-electron chi connectivity index (χ2n) is 3.25. The molecule has 0 saturated carbocycles. The normalized spacial score (nSPS) is 10.2. The first kappa shape index (κ1) is 15.1. The first-order valence-corrected chi connectivity index (χ1v) is 7.27. The van der Waals surface area contributed by atoms with Crippen LogP contribution in [0.4, 0.5) is 0 Å². The lowest BCUT2D eigenvalue weighted by molar-refractivity contribution is -0.140. The maximum Gasteiger partial charge on any atom is 0.448 e. The van der Waals surface area contributed by atoms with E-state index in [1.54, 1.807) is 21.0 Å². The minimum atomic E-state index is -2.20. The van der Waals surface area contributed by atoms with Crippen molar-refractivity contribution in [2.24, 2.45) is 0 Å². The highest BCUT2D eigenvalue weighted by atomic mass is 28.3. The Hall–Kier alpha value is -0.883. The third kappa shape index (κ3) is 7.41. The average Bonchev–Trinajstić information content (AvgIpc) is 2.28. The number of rotatable bonds is 8. The summed E-state index contributed by atoms with van der Waals surface area (Å²) >= 11 is 0. The van der Waals surface area contributed by atoms with Gasteiger partial charge in [-0.3, -0.25) is 9.59 Å². The van der Waals surface area contributed by atoms with Gasteiger partial charge in [0.05, 0.1) is 0 Å². The van der Waals surface area contributed by atoms with E-state index in [4.69, 9.17) is 13.6 Å². The molecule has 5 nitrogen and oxygen atoms in total. The van der Waals surface area contributed by atoms with Crippen LogP contribution in [0.15, 0.2) is 0 Å². The van der Waals surface area contributed by atoms with Gasteiger partial charge in [0.2, 0.25) is 0 Å². The zero-order valence-electron chi connectivity index (χ0n) is 10.2. The molecule has 0 aliphatic heterocycles. The summed E-state index contributed by atoms with van der Waals surface area (Å²) in [7, 11) is -0.592. The van der Waals surface area contributed by atoms with Crippen molar-refractivity contribution in [3.8, 4) is 0 Å². The number of hydrogen-bond donors (Lipinski definition) is 0. The lowest BCUT2D eigenvalue weighted by atomic mass is 10.5. The molecule has 0 heterocycles. The van der Waals surface area contributed by atoms with Crippen LogP contribution >= 0.6 is 0 Å². The molecule has 0 unspecified atom stereocenters. The standard InChI is InChI=1S/C10H20O5Si/c1-4-9(11)14-16(8-6-7-13-3)15-10(12)5-2/h16H,4-8H2,1-3H3. The molecule has 0 N–H and O–H groups in total. The van der Waals surface area contributed by atoms with Gasteiger partial charge in [0, 0.05) is 32.6 Å². The molecule has 0 atom stereocenters. The van der Waals surface area contributed by atoms with Gasteiger partial charge in [0.25, 0.3) is 11.9 Å². The summed E-state index contributed by atoms with van der Waals surface area (Å²) in [5, 5.41) is 0. The Morgan fingerprint density at radius 1 is 1.06 bits per heavy atom. The first-order valence-electron chi connectivity index (χ1n) is 5.51. The van der Waals surface area contributed by atoms with Gasteiger partial charge in [0.15, 0.2) is 0 Å². The summed E-state index contributed by atoms with van der Waals surface area (Å²) in [6.07, 6.45) is 1.34. The van der Waals surface area contributed by atoms with Gasteiger partial charge in [-0.1, -0.05) is 13.8 Å². The van der Waals surface area contributed by atoms with E-state index >= 15 is 0 Å². The molecule has 0 spiro atoms. The van der Waals surface area contributed by atoms with Crippen LogP contribution in [0.3, 0.4) is 0 Å². The number of ether oxygens (including phenoxy) is 1. The molecule has 0 rings (SSSR count). The number of methoxy groups -OCH3 is 1. The quantitative estimate of drug-likeness (QED) is 0.476. The van der Waals surface area contributed by atoms with Crippen LogP contribution in [0.2, 0.25) is 6.04 Å². The van der Waals surface area contributed by atoms with E-state index in [1.165, 1.54) is 0 Å². The Bertz CT molecular complexity index is 201. The fraction of sp³-hybridized carbons (Fsp3) is 0.800. The van der Waals surface area contributed by atoms with E-state index in [0.717, 1.165) is 6.42 Å². The Balaban J connectivity index is 4.04. The Kier molecular flexibility index (Phi) is 8.83. The lowest BCUT2D eigenvalue weighted by Gasteiger charge is -2.15. The molecule has 0 fully saturated rings. The second kappa shape index (κ2) is 9.35. The van der Waals surface area contributed by atoms with Crippen LogP contribution in [0.1, 0.15) is 33.1 Å². The maximum atomic E-state index is 11.1. The molecule has 0 radical (unpaired) electrons. The largest absolute Gasteiger partial charge is 0.487 e. The van der Waals surface area contributed by atoms with Crippen LogP contribution in [0.5, 0.6) is 0 Å². The molecular formula is C10H20O5Si. The zero-order chi connectivity index (χ0) is 12.4. The fourth-order valence-corrected chi connectivity index (χ4v) is 2.70. The highest BCUT2D eigenvalue weighted by Gasteiger charge is 2.21. The van der Waals surface area contributed by atoms with Crippen molar-refractivity contribution in [1.29, 1.82) is 0 Å². The molecular weight excluding hydrogens is 228 g/mol. The van der Waals surface area contributed by atoms with Crippen molar-refractivity contribution in [3.05, 3.63) is 0 Å². The lowest BCUT2D eigenvalue weighted by Crippen LogP contribution is -2.29. The van der Waals surface area contributed by atoms with Crippen LogP contribution < -0.4 is 0 Å². The SMILES string of the molecule is CCC(=O)O[SiH](CCCOC)OC(=O)CC. The fourth-order valence-electron chi connectivity index (χ4n) is 0.996. The van der Waals surface area contributed by atoms with E-state index < -0.39 is 9.28 Å². The Morgan fingerprint density at radius 2 is 1.56 bits per heavy atom. The van der Waals surface area contributed by atoms with Gasteiger partial charge in [0.1, 0.15) is 0 Å². The van der Waals surface area contributed by atoms with Gasteiger partial charge in [-0.2, -0.15) is 0 Å². The predicted molar refractivity (Wildman–Crippen MR) is 61.2 cm³/mol. The maximum absolute atomic E-state index is 11.1. The number of carbonyl (C=O) groups is 2. The molecule has 0 saturated heterocycles. The third-order valence-corrected chi connectivity index (χ3v) is 3.82. The molecule has 6 heteroatoms. The molecule has 0 aromatic rings. The predicted octanol–water partition coefficient (Wildman–Crippen LogP) is 1.15. The highest BCUT2D eigenvalue weighted by molar-refractivity contribution is 6.48. The summed E-state index contributed by atoms with van der Waals surface area (Å²) in [5.41, 5.74) is 0. The minimum Gasteiger partial charge on any atom is -0.487 e. The van der Waals surface area contributed by atoms with E-state index in [1.807, 2.05) is 0 Å². The van der Waals surface area contributed by atoms with Gasteiger partial charge >= 0.3 is 9.28 Å². The van der Waals surface area contributed by atoms with Gasteiger partial charge < -0.3 is 13.6 Å². The molecule has 94 valence electrons. The van der Waals surface area contributed by atoms with Gasteiger partial charge in [-0.25, -0.2) is 0 Å². The summed E-state index contributed by atoms with van der Waals surface area (Å²) in [4.78, 5) is 22.2. The van der Waals surface area contributed by atoms with Crippen molar-refractivity contribution in [2.75, 3.05) is 13.7 Å². The van der Waals surface area contributed by atoms with Crippen LogP contribution in [0.25, 0.3) is 0 Å². The number of carbonyl (C=O) groups excluding carboxylic acids is 2.